The number of anilines is 2. The molecule has 0 fully saturated rings. The van der Waals surface area contributed by atoms with Gasteiger partial charge in [-0.25, -0.2) is 13.2 Å². The Hall–Kier alpha value is -3.36. The standard InChI is InChI=1S/C23H21ClN2O5S/c1-14-4-9-18(10-5-14)32(29,30)26-21-12-16(7-6-15(21)2)22(27)25-17-8-11-20(24)19(13-17)23(28)31-3/h4-13,26H,1-3H3,(H,25,27). The summed E-state index contributed by atoms with van der Waals surface area (Å²) in [4.78, 5) is 24.7. The molecule has 2 N–H and O–H groups in total. The fraction of sp³-hybridized carbons (Fsp3) is 0.130. The first kappa shape index (κ1) is 23.3. The summed E-state index contributed by atoms with van der Waals surface area (Å²) >= 11 is 6.00. The van der Waals surface area contributed by atoms with Crippen LogP contribution in [0, 0.1) is 13.8 Å². The molecule has 3 aromatic rings. The van der Waals surface area contributed by atoms with E-state index in [1.165, 1.54) is 37.4 Å². The van der Waals surface area contributed by atoms with Gasteiger partial charge in [-0.15, -0.1) is 0 Å². The lowest BCUT2D eigenvalue weighted by atomic mass is 10.1. The van der Waals surface area contributed by atoms with E-state index in [0.29, 0.717) is 11.3 Å². The Morgan fingerprint density at radius 3 is 2.28 bits per heavy atom. The van der Waals surface area contributed by atoms with E-state index in [9.17, 15) is 18.0 Å². The van der Waals surface area contributed by atoms with Crippen LogP contribution in [0.5, 0.6) is 0 Å². The number of amides is 1. The largest absolute Gasteiger partial charge is 0.465 e. The van der Waals surface area contributed by atoms with Gasteiger partial charge in [0.2, 0.25) is 0 Å². The van der Waals surface area contributed by atoms with Crippen LogP contribution in [0.15, 0.2) is 65.6 Å². The fourth-order valence-corrected chi connectivity index (χ4v) is 4.18. The minimum Gasteiger partial charge on any atom is -0.465 e. The molecule has 0 heterocycles. The summed E-state index contributed by atoms with van der Waals surface area (Å²) in [6.45, 7) is 3.60. The lowest BCUT2D eigenvalue weighted by Gasteiger charge is -2.13. The zero-order chi connectivity index (χ0) is 23.5. The highest BCUT2D eigenvalue weighted by atomic mass is 35.5. The van der Waals surface area contributed by atoms with Crippen molar-refractivity contribution in [2.24, 2.45) is 0 Å². The molecule has 7 nitrogen and oxygen atoms in total. The SMILES string of the molecule is COC(=O)c1cc(NC(=O)c2ccc(C)c(NS(=O)(=O)c3ccc(C)cc3)c2)ccc1Cl. The molecule has 0 bridgehead atoms. The summed E-state index contributed by atoms with van der Waals surface area (Å²) in [5, 5.41) is 2.86. The minimum atomic E-state index is -3.82. The minimum absolute atomic E-state index is 0.113. The van der Waals surface area contributed by atoms with Crippen molar-refractivity contribution in [1.82, 2.24) is 0 Å². The van der Waals surface area contributed by atoms with Gasteiger partial charge in [-0.05, 0) is 61.9 Å². The number of carbonyl (C=O) groups is 2. The van der Waals surface area contributed by atoms with Crippen LogP contribution in [-0.4, -0.2) is 27.4 Å². The Balaban J connectivity index is 1.84. The summed E-state index contributed by atoms with van der Waals surface area (Å²) in [6.07, 6.45) is 0. The molecular weight excluding hydrogens is 452 g/mol. The van der Waals surface area contributed by atoms with Crippen LogP contribution in [0.1, 0.15) is 31.8 Å². The maximum absolute atomic E-state index is 12.7. The number of rotatable bonds is 6. The van der Waals surface area contributed by atoms with Crippen LogP contribution in [0.4, 0.5) is 11.4 Å². The second kappa shape index (κ2) is 9.42. The van der Waals surface area contributed by atoms with Crippen LogP contribution in [0.25, 0.3) is 0 Å². The summed E-state index contributed by atoms with van der Waals surface area (Å²) in [7, 11) is -2.59. The zero-order valence-electron chi connectivity index (χ0n) is 17.6. The summed E-state index contributed by atoms with van der Waals surface area (Å²) in [6, 6.07) is 15.5. The molecule has 0 atom stereocenters. The highest BCUT2D eigenvalue weighted by Gasteiger charge is 2.17. The lowest BCUT2D eigenvalue weighted by molar-refractivity contribution is 0.0600. The molecule has 0 saturated carbocycles. The van der Waals surface area contributed by atoms with Gasteiger partial charge in [0.15, 0.2) is 0 Å². The number of esters is 1. The van der Waals surface area contributed by atoms with Gasteiger partial charge in [0.25, 0.3) is 15.9 Å². The van der Waals surface area contributed by atoms with Crippen LogP contribution < -0.4 is 10.0 Å². The number of nitrogens with one attached hydrogen (secondary N) is 2. The molecule has 0 saturated heterocycles. The molecule has 166 valence electrons. The van der Waals surface area contributed by atoms with E-state index < -0.39 is 21.9 Å². The van der Waals surface area contributed by atoms with Gasteiger partial charge in [0, 0.05) is 11.3 Å². The van der Waals surface area contributed by atoms with Crippen molar-refractivity contribution < 1.29 is 22.7 Å². The third kappa shape index (κ3) is 5.27. The van der Waals surface area contributed by atoms with Crippen molar-refractivity contribution >= 4 is 44.9 Å². The molecular formula is C23H21ClN2O5S. The number of aryl methyl sites for hydroxylation is 2. The number of benzene rings is 3. The molecule has 1 amide bonds. The number of halogens is 1. The Morgan fingerprint density at radius 2 is 1.62 bits per heavy atom. The Kier molecular flexibility index (Phi) is 6.86. The van der Waals surface area contributed by atoms with E-state index in [2.05, 4.69) is 14.8 Å². The third-order valence-corrected chi connectivity index (χ3v) is 6.42. The van der Waals surface area contributed by atoms with Gasteiger partial charge in [-0.2, -0.15) is 0 Å². The molecule has 0 aliphatic carbocycles. The monoisotopic (exact) mass is 472 g/mol. The number of hydrogen-bond donors (Lipinski definition) is 2. The molecule has 9 heteroatoms. The van der Waals surface area contributed by atoms with Crippen LogP contribution in [0.2, 0.25) is 5.02 Å². The second-order valence-corrected chi connectivity index (χ2v) is 9.18. The molecule has 3 aromatic carbocycles. The molecule has 0 spiro atoms. The number of carbonyl (C=O) groups excluding carboxylic acids is 2. The van der Waals surface area contributed by atoms with Crippen LogP contribution in [-0.2, 0) is 14.8 Å². The second-order valence-electron chi connectivity index (χ2n) is 7.09. The van der Waals surface area contributed by atoms with Gasteiger partial charge in [0.1, 0.15) is 0 Å². The molecule has 3 rings (SSSR count). The van der Waals surface area contributed by atoms with Crippen molar-refractivity contribution in [3.63, 3.8) is 0 Å². The van der Waals surface area contributed by atoms with Gasteiger partial charge >= 0.3 is 5.97 Å². The Bertz CT molecular complexity index is 1290. The van der Waals surface area contributed by atoms with Crippen molar-refractivity contribution in [3.8, 4) is 0 Å². The smallest absolute Gasteiger partial charge is 0.339 e. The first-order valence-corrected chi connectivity index (χ1v) is 11.4. The molecule has 0 radical (unpaired) electrons. The maximum atomic E-state index is 12.7. The molecule has 0 unspecified atom stereocenters. The van der Waals surface area contributed by atoms with Crippen molar-refractivity contribution in [2.45, 2.75) is 18.7 Å². The van der Waals surface area contributed by atoms with Crippen LogP contribution >= 0.6 is 11.6 Å². The van der Waals surface area contributed by atoms with Gasteiger partial charge < -0.3 is 10.1 Å². The van der Waals surface area contributed by atoms with E-state index in [4.69, 9.17) is 11.6 Å². The van der Waals surface area contributed by atoms with E-state index in [1.807, 2.05) is 6.92 Å². The van der Waals surface area contributed by atoms with Gasteiger partial charge in [-0.1, -0.05) is 35.4 Å². The fourth-order valence-electron chi connectivity index (χ4n) is 2.87. The average Bonchev–Trinajstić information content (AvgIpc) is 2.76. The van der Waals surface area contributed by atoms with Crippen LogP contribution in [0.3, 0.4) is 0 Å². The lowest BCUT2D eigenvalue weighted by Crippen LogP contribution is -2.16. The highest BCUT2D eigenvalue weighted by Crippen LogP contribution is 2.24. The van der Waals surface area contributed by atoms with E-state index in [-0.39, 0.29) is 26.7 Å². The van der Waals surface area contributed by atoms with Crippen molar-refractivity contribution in [1.29, 1.82) is 0 Å². The first-order valence-electron chi connectivity index (χ1n) is 9.50. The zero-order valence-corrected chi connectivity index (χ0v) is 19.2. The third-order valence-electron chi connectivity index (χ3n) is 4.70. The van der Waals surface area contributed by atoms with Crippen molar-refractivity contribution in [2.75, 3.05) is 17.1 Å². The molecule has 0 aliphatic rings. The van der Waals surface area contributed by atoms with Gasteiger partial charge in [-0.3, -0.25) is 9.52 Å². The maximum Gasteiger partial charge on any atom is 0.339 e. The number of methoxy groups -OCH3 is 1. The average molecular weight is 473 g/mol. The van der Waals surface area contributed by atoms with E-state index in [0.717, 1.165) is 5.56 Å². The number of sulfonamides is 1. The predicted octanol–water partition coefficient (Wildman–Crippen LogP) is 4.80. The highest BCUT2D eigenvalue weighted by molar-refractivity contribution is 7.92. The number of hydrogen-bond acceptors (Lipinski definition) is 5. The Morgan fingerprint density at radius 1 is 0.938 bits per heavy atom. The van der Waals surface area contributed by atoms with Gasteiger partial charge in [0.05, 0.1) is 28.3 Å². The predicted molar refractivity (Wildman–Crippen MR) is 124 cm³/mol. The summed E-state index contributed by atoms with van der Waals surface area (Å²) in [5.74, 6) is -1.12. The van der Waals surface area contributed by atoms with Crippen molar-refractivity contribution in [3.05, 3.63) is 87.9 Å². The number of ether oxygens (including phenoxy) is 1. The summed E-state index contributed by atoms with van der Waals surface area (Å²) < 4.78 is 32.7. The topological polar surface area (TPSA) is 102 Å². The quantitative estimate of drug-likeness (QED) is 0.502. The molecule has 0 aliphatic heterocycles. The normalized spacial score (nSPS) is 11.0. The Labute approximate surface area is 191 Å². The first-order chi connectivity index (χ1) is 15.1. The summed E-state index contributed by atoms with van der Waals surface area (Å²) in [5.41, 5.74) is 2.55. The molecule has 32 heavy (non-hydrogen) atoms. The molecule has 0 aromatic heterocycles. The van der Waals surface area contributed by atoms with E-state index >= 15 is 0 Å². The van der Waals surface area contributed by atoms with E-state index in [1.54, 1.807) is 37.3 Å².